The molecule has 2 aromatic carbocycles. The molecule has 0 aliphatic carbocycles. The van der Waals surface area contributed by atoms with Gasteiger partial charge in [0, 0.05) is 17.5 Å². The number of benzene rings is 2. The van der Waals surface area contributed by atoms with E-state index in [4.69, 9.17) is 9.47 Å². The van der Waals surface area contributed by atoms with E-state index in [2.05, 4.69) is 4.98 Å². The van der Waals surface area contributed by atoms with Crippen molar-refractivity contribution < 1.29 is 32.4 Å². The minimum atomic E-state index is -4.66. The van der Waals surface area contributed by atoms with Gasteiger partial charge >= 0.3 is 12.1 Å². The summed E-state index contributed by atoms with van der Waals surface area (Å²) in [5.74, 6) is -0.754. The molecule has 28 heavy (non-hydrogen) atoms. The van der Waals surface area contributed by atoms with Crippen molar-refractivity contribution in [3.63, 3.8) is 0 Å². The Bertz CT molecular complexity index is 1070. The zero-order valence-electron chi connectivity index (χ0n) is 14.2. The number of alkyl halides is 3. The van der Waals surface area contributed by atoms with Crippen LogP contribution in [0.1, 0.15) is 16.1 Å². The number of fused-ring (bicyclic) bond motifs is 1. The van der Waals surface area contributed by atoms with E-state index in [1.807, 2.05) is 0 Å². The van der Waals surface area contributed by atoms with Gasteiger partial charge in [0.25, 0.3) is 5.69 Å². The number of ether oxygens (including phenoxy) is 2. The fraction of sp³-hybridized carbons (Fsp3) is 0.111. The minimum Gasteiger partial charge on any atom is -0.494 e. The molecule has 7 nitrogen and oxygen atoms in total. The van der Waals surface area contributed by atoms with Crippen molar-refractivity contribution in [3.8, 4) is 11.5 Å². The molecule has 0 unspecified atom stereocenters. The van der Waals surface area contributed by atoms with Gasteiger partial charge in [-0.1, -0.05) is 0 Å². The zero-order valence-corrected chi connectivity index (χ0v) is 14.2. The van der Waals surface area contributed by atoms with Gasteiger partial charge in [-0.15, -0.1) is 0 Å². The van der Waals surface area contributed by atoms with Crippen LogP contribution < -0.4 is 9.47 Å². The molecule has 0 N–H and O–H groups in total. The summed E-state index contributed by atoms with van der Waals surface area (Å²) in [6.07, 6.45) is -4.66. The molecule has 144 valence electrons. The first-order valence-electron chi connectivity index (χ1n) is 7.72. The van der Waals surface area contributed by atoms with Gasteiger partial charge in [0.2, 0.25) is 0 Å². The van der Waals surface area contributed by atoms with E-state index in [1.54, 1.807) is 0 Å². The van der Waals surface area contributed by atoms with Crippen molar-refractivity contribution in [2.45, 2.75) is 6.18 Å². The van der Waals surface area contributed by atoms with Crippen molar-refractivity contribution in [1.29, 1.82) is 0 Å². The highest BCUT2D eigenvalue weighted by molar-refractivity contribution is 6.05. The number of nitrogens with zero attached hydrogens (tertiary/aromatic N) is 2. The Hall–Kier alpha value is -3.69. The van der Waals surface area contributed by atoms with Crippen LogP contribution in [0.25, 0.3) is 10.9 Å². The van der Waals surface area contributed by atoms with E-state index < -0.39 is 22.8 Å². The lowest BCUT2D eigenvalue weighted by molar-refractivity contribution is -0.384. The fourth-order valence-electron chi connectivity index (χ4n) is 2.49. The number of non-ortho nitro benzene ring substituents is 1. The second kappa shape index (κ2) is 7.14. The van der Waals surface area contributed by atoms with Gasteiger partial charge in [0.1, 0.15) is 22.7 Å². The summed E-state index contributed by atoms with van der Waals surface area (Å²) in [6, 6.07) is 9.30. The largest absolute Gasteiger partial charge is 0.494 e. The van der Waals surface area contributed by atoms with Crippen LogP contribution >= 0.6 is 0 Å². The van der Waals surface area contributed by atoms with Crippen LogP contribution in [-0.4, -0.2) is 23.0 Å². The highest BCUT2D eigenvalue weighted by Crippen LogP contribution is 2.33. The SMILES string of the molecule is COc1ccc(C(=O)Oc2ccc([N+](=O)[O-])cc2)c2ccc(C(F)(F)F)nc12. The molecule has 0 atom stereocenters. The lowest BCUT2D eigenvalue weighted by Crippen LogP contribution is -2.11. The quantitative estimate of drug-likeness (QED) is 0.283. The first-order chi connectivity index (χ1) is 13.2. The first-order valence-corrected chi connectivity index (χ1v) is 7.72. The predicted molar refractivity (Wildman–Crippen MR) is 91.4 cm³/mol. The van der Waals surface area contributed by atoms with Crippen LogP contribution in [0.3, 0.4) is 0 Å². The summed E-state index contributed by atoms with van der Waals surface area (Å²) in [4.78, 5) is 26.1. The highest BCUT2D eigenvalue weighted by atomic mass is 19.4. The lowest BCUT2D eigenvalue weighted by atomic mass is 10.1. The predicted octanol–water partition coefficient (Wildman–Crippen LogP) is 4.39. The summed E-state index contributed by atoms with van der Waals surface area (Å²) in [7, 11) is 1.27. The molecule has 0 saturated carbocycles. The lowest BCUT2D eigenvalue weighted by Gasteiger charge is -2.12. The van der Waals surface area contributed by atoms with Crippen molar-refractivity contribution in [2.75, 3.05) is 7.11 Å². The molecule has 3 rings (SSSR count). The maximum Gasteiger partial charge on any atom is 0.433 e. The standard InChI is InChI=1S/C18H11F3N2O5/c1-27-14-8-6-13(12-7-9-15(18(19,20)21)22-16(12)14)17(24)28-11-4-2-10(3-5-11)23(25)26/h2-9H,1H3. The summed E-state index contributed by atoms with van der Waals surface area (Å²) >= 11 is 0. The Kier molecular flexibility index (Phi) is 4.87. The van der Waals surface area contributed by atoms with Gasteiger partial charge in [0.05, 0.1) is 17.6 Å². The van der Waals surface area contributed by atoms with Gasteiger partial charge in [-0.05, 0) is 36.4 Å². The fourth-order valence-corrected chi connectivity index (χ4v) is 2.49. The van der Waals surface area contributed by atoms with Gasteiger partial charge in [0.15, 0.2) is 0 Å². The molecule has 0 fully saturated rings. The number of nitro benzene ring substituents is 1. The molecule has 0 amide bonds. The number of nitro groups is 1. The molecule has 1 aromatic heterocycles. The number of carbonyl (C=O) groups excluding carboxylic acids is 1. The van der Waals surface area contributed by atoms with E-state index in [0.29, 0.717) is 0 Å². The number of pyridine rings is 1. The van der Waals surface area contributed by atoms with Gasteiger partial charge < -0.3 is 9.47 Å². The Morgan fingerprint density at radius 1 is 1.07 bits per heavy atom. The van der Waals surface area contributed by atoms with Crippen molar-refractivity contribution in [1.82, 2.24) is 4.98 Å². The third-order valence-electron chi connectivity index (χ3n) is 3.81. The number of methoxy groups -OCH3 is 1. The Labute approximate surface area is 155 Å². The van der Waals surface area contributed by atoms with E-state index in [9.17, 15) is 28.1 Å². The molecule has 10 heteroatoms. The average molecular weight is 392 g/mol. The number of hydrogen-bond acceptors (Lipinski definition) is 6. The van der Waals surface area contributed by atoms with Crippen molar-refractivity contribution in [2.24, 2.45) is 0 Å². The minimum absolute atomic E-state index is 0.0321. The number of carbonyl (C=O) groups is 1. The molecule has 3 aromatic rings. The molecule has 0 spiro atoms. The van der Waals surface area contributed by atoms with Gasteiger partial charge in [-0.25, -0.2) is 9.78 Å². The summed E-state index contributed by atoms with van der Waals surface area (Å²) < 4.78 is 49.0. The normalized spacial score (nSPS) is 11.3. The van der Waals surface area contributed by atoms with E-state index in [0.717, 1.165) is 24.3 Å². The Morgan fingerprint density at radius 3 is 2.32 bits per heavy atom. The number of halogens is 3. The van der Waals surface area contributed by atoms with E-state index >= 15 is 0 Å². The van der Waals surface area contributed by atoms with Crippen LogP contribution in [0, 0.1) is 10.1 Å². The summed E-state index contributed by atoms with van der Waals surface area (Å²) in [5, 5.41) is 10.8. The number of rotatable bonds is 4. The maximum absolute atomic E-state index is 12.9. The Morgan fingerprint density at radius 2 is 1.75 bits per heavy atom. The molecule has 0 radical (unpaired) electrons. The molecule has 0 bridgehead atoms. The maximum atomic E-state index is 12.9. The van der Waals surface area contributed by atoms with Crippen LogP contribution in [-0.2, 0) is 6.18 Å². The van der Waals surface area contributed by atoms with Gasteiger partial charge in [-0.3, -0.25) is 10.1 Å². The topological polar surface area (TPSA) is 91.6 Å². The van der Waals surface area contributed by atoms with E-state index in [1.165, 1.54) is 31.4 Å². The molecule has 1 heterocycles. The molecule has 0 aliphatic rings. The van der Waals surface area contributed by atoms with Crippen LogP contribution in [0.15, 0.2) is 48.5 Å². The van der Waals surface area contributed by atoms with Crippen LogP contribution in [0.4, 0.5) is 18.9 Å². The van der Waals surface area contributed by atoms with Gasteiger partial charge in [-0.2, -0.15) is 13.2 Å². The number of hydrogen-bond donors (Lipinski definition) is 0. The molecular formula is C18H11F3N2O5. The molecule has 0 saturated heterocycles. The second-order valence-electron chi connectivity index (χ2n) is 5.55. The number of aromatic nitrogens is 1. The summed E-state index contributed by atoms with van der Waals surface area (Å²) in [5.41, 5.74) is -1.48. The van der Waals surface area contributed by atoms with Crippen LogP contribution in [0.5, 0.6) is 11.5 Å². The van der Waals surface area contributed by atoms with Crippen LogP contribution in [0.2, 0.25) is 0 Å². The molecule has 0 aliphatic heterocycles. The highest BCUT2D eigenvalue weighted by Gasteiger charge is 2.33. The number of esters is 1. The smallest absolute Gasteiger partial charge is 0.433 e. The van der Waals surface area contributed by atoms with E-state index in [-0.39, 0.29) is 33.7 Å². The van der Waals surface area contributed by atoms with Crippen molar-refractivity contribution >= 4 is 22.6 Å². The Balaban J connectivity index is 2.00. The summed E-state index contributed by atoms with van der Waals surface area (Å²) in [6.45, 7) is 0. The third kappa shape index (κ3) is 3.70. The molecular weight excluding hydrogens is 381 g/mol. The third-order valence-corrected chi connectivity index (χ3v) is 3.81. The first kappa shape index (κ1) is 19.1. The zero-order chi connectivity index (χ0) is 20.5. The van der Waals surface area contributed by atoms with Crippen molar-refractivity contribution in [3.05, 3.63) is 69.9 Å². The monoisotopic (exact) mass is 392 g/mol. The average Bonchev–Trinajstić information content (AvgIpc) is 2.66. The second-order valence-corrected chi connectivity index (χ2v) is 5.55.